The van der Waals surface area contributed by atoms with Crippen LogP contribution in [0.25, 0.3) is 0 Å². The zero-order valence-corrected chi connectivity index (χ0v) is 10.2. The number of amides is 1. The van der Waals surface area contributed by atoms with Crippen molar-refractivity contribution >= 4 is 17.6 Å². The minimum atomic E-state index is -2.67. The van der Waals surface area contributed by atoms with Gasteiger partial charge in [-0.1, -0.05) is 0 Å². The summed E-state index contributed by atoms with van der Waals surface area (Å²) >= 11 is 0. The van der Waals surface area contributed by atoms with Crippen LogP contribution in [0.4, 0.5) is 23.2 Å². The van der Waals surface area contributed by atoms with Gasteiger partial charge in [0.15, 0.2) is 5.96 Å². The molecule has 1 rings (SSSR count). The minimum absolute atomic E-state index is 0.251. The molecular formula is C11H12F4N4O. The Morgan fingerprint density at radius 1 is 1.35 bits per heavy atom. The van der Waals surface area contributed by atoms with E-state index in [9.17, 15) is 22.4 Å². The Morgan fingerprint density at radius 3 is 2.70 bits per heavy atom. The van der Waals surface area contributed by atoms with E-state index >= 15 is 0 Å². The molecule has 4 N–H and O–H groups in total. The van der Waals surface area contributed by atoms with Gasteiger partial charge in [-0.05, 0) is 12.1 Å². The maximum absolute atomic E-state index is 13.2. The lowest BCUT2D eigenvalue weighted by molar-refractivity contribution is -0.120. The number of nitrogens with two attached hydrogens (primary N) is 1. The molecule has 1 aromatic carbocycles. The molecule has 0 heterocycles. The van der Waals surface area contributed by atoms with Gasteiger partial charge in [-0.15, -0.1) is 0 Å². The topological polar surface area (TPSA) is 79.5 Å². The van der Waals surface area contributed by atoms with Gasteiger partial charge >= 0.3 is 0 Å². The number of halogens is 4. The Labute approximate surface area is 111 Å². The highest BCUT2D eigenvalue weighted by atomic mass is 19.3. The van der Waals surface area contributed by atoms with E-state index in [2.05, 4.69) is 10.3 Å². The van der Waals surface area contributed by atoms with Crippen molar-refractivity contribution in [3.8, 4) is 0 Å². The molecule has 1 aromatic rings. The highest BCUT2D eigenvalue weighted by molar-refractivity contribution is 5.93. The molecular weight excluding hydrogens is 280 g/mol. The van der Waals surface area contributed by atoms with E-state index in [1.807, 2.05) is 5.32 Å². The molecule has 0 fully saturated rings. The van der Waals surface area contributed by atoms with Crippen molar-refractivity contribution in [3.05, 3.63) is 29.8 Å². The van der Waals surface area contributed by atoms with Gasteiger partial charge in [0, 0.05) is 6.07 Å². The predicted octanol–water partition coefficient (Wildman–Crippen LogP) is 1.07. The average molecular weight is 292 g/mol. The van der Waals surface area contributed by atoms with Gasteiger partial charge in [0.1, 0.15) is 18.2 Å². The van der Waals surface area contributed by atoms with Crippen LogP contribution in [0, 0.1) is 11.6 Å². The van der Waals surface area contributed by atoms with E-state index in [0.29, 0.717) is 0 Å². The van der Waals surface area contributed by atoms with Crippen LogP contribution in [0.1, 0.15) is 0 Å². The van der Waals surface area contributed by atoms with Crippen molar-refractivity contribution < 1.29 is 22.4 Å². The first-order valence-corrected chi connectivity index (χ1v) is 5.45. The number of hydrogen-bond acceptors (Lipinski definition) is 2. The van der Waals surface area contributed by atoms with Crippen molar-refractivity contribution in [2.75, 3.05) is 18.4 Å². The lowest BCUT2D eigenvalue weighted by Crippen LogP contribution is -2.32. The number of aliphatic imine (C=N–C) groups is 1. The van der Waals surface area contributed by atoms with Crippen LogP contribution in [-0.2, 0) is 4.79 Å². The highest BCUT2D eigenvalue weighted by Crippen LogP contribution is 2.14. The van der Waals surface area contributed by atoms with Crippen LogP contribution in [0.15, 0.2) is 23.2 Å². The molecule has 0 spiro atoms. The Balaban J connectivity index is 2.53. The van der Waals surface area contributed by atoms with Crippen LogP contribution < -0.4 is 16.4 Å². The monoisotopic (exact) mass is 292 g/mol. The lowest BCUT2D eigenvalue weighted by atomic mass is 10.3. The SMILES string of the molecule is NC(=NCC(=O)NCC(F)F)Nc1cc(F)ccc1F. The number of carbonyl (C=O) groups is 1. The molecule has 0 aromatic heterocycles. The predicted molar refractivity (Wildman–Crippen MR) is 65.5 cm³/mol. The Kier molecular flexibility index (Phi) is 5.75. The summed E-state index contributed by atoms with van der Waals surface area (Å²) in [6, 6.07) is 2.67. The van der Waals surface area contributed by atoms with E-state index < -0.39 is 37.1 Å². The first-order valence-electron chi connectivity index (χ1n) is 5.45. The number of alkyl halides is 2. The van der Waals surface area contributed by atoms with Gasteiger partial charge in [0.2, 0.25) is 5.91 Å². The Morgan fingerprint density at radius 2 is 2.05 bits per heavy atom. The second kappa shape index (κ2) is 7.31. The number of nitrogens with one attached hydrogen (secondary N) is 2. The zero-order chi connectivity index (χ0) is 15.1. The van der Waals surface area contributed by atoms with E-state index in [1.54, 1.807) is 0 Å². The third kappa shape index (κ3) is 5.55. The normalized spacial score (nSPS) is 11.6. The van der Waals surface area contributed by atoms with Gasteiger partial charge in [0.05, 0.1) is 12.2 Å². The maximum Gasteiger partial charge on any atom is 0.255 e. The summed E-state index contributed by atoms with van der Waals surface area (Å²) in [6.07, 6.45) is -2.67. The van der Waals surface area contributed by atoms with Crippen LogP contribution >= 0.6 is 0 Å². The Bertz CT molecular complexity index is 507. The van der Waals surface area contributed by atoms with E-state index in [0.717, 1.165) is 18.2 Å². The summed E-state index contributed by atoms with van der Waals surface area (Å²) in [4.78, 5) is 14.6. The third-order valence-electron chi connectivity index (χ3n) is 2.04. The van der Waals surface area contributed by atoms with E-state index in [1.165, 1.54) is 0 Å². The van der Waals surface area contributed by atoms with Crippen molar-refractivity contribution in [1.82, 2.24) is 5.32 Å². The van der Waals surface area contributed by atoms with Gasteiger partial charge in [0.25, 0.3) is 6.43 Å². The number of guanidine groups is 1. The lowest BCUT2D eigenvalue weighted by Gasteiger charge is -2.07. The van der Waals surface area contributed by atoms with Crippen LogP contribution in [0.2, 0.25) is 0 Å². The fraction of sp³-hybridized carbons (Fsp3) is 0.273. The number of hydrogen-bond donors (Lipinski definition) is 3. The van der Waals surface area contributed by atoms with E-state index in [4.69, 9.17) is 5.73 Å². The molecule has 0 bridgehead atoms. The number of nitrogens with zero attached hydrogens (tertiary/aromatic N) is 1. The second-order valence-corrected chi connectivity index (χ2v) is 3.65. The zero-order valence-electron chi connectivity index (χ0n) is 10.2. The van der Waals surface area contributed by atoms with Crippen molar-refractivity contribution in [2.24, 2.45) is 10.7 Å². The molecule has 9 heteroatoms. The molecule has 0 saturated heterocycles. The molecule has 0 aliphatic heterocycles. The fourth-order valence-corrected chi connectivity index (χ4v) is 1.17. The van der Waals surface area contributed by atoms with E-state index in [-0.39, 0.29) is 11.6 Å². The first-order chi connectivity index (χ1) is 9.38. The van der Waals surface area contributed by atoms with Crippen molar-refractivity contribution in [2.45, 2.75) is 6.43 Å². The summed E-state index contributed by atoms with van der Waals surface area (Å²) in [5, 5.41) is 4.16. The molecule has 0 saturated carbocycles. The smallest absolute Gasteiger partial charge is 0.255 e. The van der Waals surface area contributed by atoms with Crippen LogP contribution in [0.3, 0.4) is 0 Å². The standard InChI is InChI=1S/C11H12F4N4O/c12-6-1-2-7(13)8(3-6)19-11(16)18-5-10(20)17-4-9(14)15/h1-3,9H,4-5H2,(H,17,20)(H3,16,18,19). The van der Waals surface area contributed by atoms with Gasteiger partial charge in [-0.25, -0.2) is 22.6 Å². The highest BCUT2D eigenvalue weighted by Gasteiger charge is 2.07. The number of benzene rings is 1. The molecule has 20 heavy (non-hydrogen) atoms. The van der Waals surface area contributed by atoms with Gasteiger partial charge in [-0.3, -0.25) is 4.79 Å². The third-order valence-corrected chi connectivity index (χ3v) is 2.04. The Hall–Kier alpha value is -2.32. The number of rotatable bonds is 5. The van der Waals surface area contributed by atoms with Crippen molar-refractivity contribution in [3.63, 3.8) is 0 Å². The first kappa shape index (κ1) is 15.7. The van der Waals surface area contributed by atoms with Crippen molar-refractivity contribution in [1.29, 1.82) is 0 Å². The summed E-state index contributed by atoms with van der Waals surface area (Å²) in [7, 11) is 0. The second-order valence-electron chi connectivity index (χ2n) is 3.65. The summed E-state index contributed by atoms with van der Waals surface area (Å²) in [5.41, 5.74) is 5.10. The summed E-state index contributed by atoms with van der Waals surface area (Å²) < 4.78 is 49.7. The minimum Gasteiger partial charge on any atom is -0.370 e. The van der Waals surface area contributed by atoms with Gasteiger partial charge < -0.3 is 16.4 Å². The largest absolute Gasteiger partial charge is 0.370 e. The maximum atomic E-state index is 13.2. The average Bonchev–Trinajstić information content (AvgIpc) is 2.38. The molecule has 1 amide bonds. The summed E-state index contributed by atoms with van der Waals surface area (Å²) in [5.74, 6) is -2.56. The molecule has 0 atom stereocenters. The number of carbonyl (C=O) groups excluding carboxylic acids is 1. The molecule has 5 nitrogen and oxygen atoms in total. The number of anilines is 1. The molecule has 0 radical (unpaired) electrons. The van der Waals surface area contributed by atoms with Crippen LogP contribution in [0.5, 0.6) is 0 Å². The molecule has 0 unspecified atom stereocenters. The molecule has 0 aliphatic carbocycles. The molecule has 0 aliphatic rings. The quantitative estimate of drug-likeness (QED) is 0.431. The fourth-order valence-electron chi connectivity index (χ4n) is 1.17. The van der Waals surface area contributed by atoms with Gasteiger partial charge in [-0.2, -0.15) is 0 Å². The molecule has 110 valence electrons. The summed E-state index contributed by atoms with van der Waals surface area (Å²) in [6.45, 7) is -1.30. The van der Waals surface area contributed by atoms with Crippen LogP contribution in [-0.4, -0.2) is 31.4 Å².